The summed E-state index contributed by atoms with van der Waals surface area (Å²) >= 11 is 0. The molecule has 0 spiro atoms. The van der Waals surface area contributed by atoms with Gasteiger partial charge < -0.3 is 15.4 Å². The number of rotatable bonds is 7. The Morgan fingerprint density at radius 2 is 1.86 bits per heavy atom. The van der Waals surface area contributed by atoms with Crippen molar-refractivity contribution in [1.29, 1.82) is 0 Å². The van der Waals surface area contributed by atoms with Crippen LogP contribution in [-0.2, 0) is 21.4 Å². The number of aromatic nitrogens is 3. The van der Waals surface area contributed by atoms with Gasteiger partial charge in [0.25, 0.3) is 0 Å². The Balaban J connectivity index is 2.18. The topological polar surface area (TPSA) is 132 Å². The lowest BCUT2D eigenvalue weighted by atomic mass is 10.2. The molecular weight excluding hydrogens is 384 g/mol. The molecule has 0 aliphatic rings. The van der Waals surface area contributed by atoms with Crippen LogP contribution >= 0.6 is 0 Å². The van der Waals surface area contributed by atoms with Gasteiger partial charge in [-0.15, -0.1) is 0 Å². The first-order valence-corrected chi connectivity index (χ1v) is 9.89. The molecule has 0 unspecified atom stereocenters. The van der Waals surface area contributed by atoms with Gasteiger partial charge in [0.2, 0.25) is 21.9 Å². The van der Waals surface area contributed by atoms with Crippen molar-refractivity contribution < 1.29 is 17.9 Å². The Morgan fingerprint density at radius 3 is 2.46 bits per heavy atom. The van der Waals surface area contributed by atoms with Crippen LogP contribution in [0.3, 0.4) is 0 Å². The molecular formula is C17H24N6O4S. The number of hydrogen-bond acceptors (Lipinski definition) is 9. The standard InChI is InChI=1S/C17H24N6O4S/c1-11(2)23(5)28(25,26)13-8-6-7-12(9-13)15(24)27-10-14-19-16(18)21-17(20-14)22(3)4/h6-9,11H,10H2,1-5H3,(H2,18,19,20,21). The number of anilines is 2. The summed E-state index contributed by atoms with van der Waals surface area (Å²) in [6.07, 6.45) is 0. The highest BCUT2D eigenvalue weighted by Gasteiger charge is 2.24. The molecule has 28 heavy (non-hydrogen) atoms. The summed E-state index contributed by atoms with van der Waals surface area (Å²) in [5.41, 5.74) is 5.74. The molecule has 10 nitrogen and oxygen atoms in total. The number of carbonyl (C=O) groups is 1. The zero-order valence-corrected chi connectivity index (χ0v) is 17.3. The highest BCUT2D eigenvalue weighted by atomic mass is 32.2. The summed E-state index contributed by atoms with van der Waals surface area (Å²) < 4.78 is 31.6. The molecule has 1 aromatic carbocycles. The fourth-order valence-electron chi connectivity index (χ4n) is 2.13. The molecule has 0 amide bonds. The molecule has 1 heterocycles. The maximum Gasteiger partial charge on any atom is 0.338 e. The lowest BCUT2D eigenvalue weighted by Crippen LogP contribution is -2.33. The molecule has 2 rings (SSSR count). The molecule has 152 valence electrons. The molecule has 0 bridgehead atoms. The predicted octanol–water partition coefficient (Wildman–Crippen LogP) is 0.906. The summed E-state index contributed by atoms with van der Waals surface area (Å²) in [5, 5.41) is 0. The Morgan fingerprint density at radius 1 is 1.18 bits per heavy atom. The van der Waals surface area contributed by atoms with Crippen LogP contribution in [0.4, 0.5) is 11.9 Å². The molecule has 2 aromatic rings. The highest BCUT2D eigenvalue weighted by molar-refractivity contribution is 7.89. The van der Waals surface area contributed by atoms with Gasteiger partial charge in [0, 0.05) is 27.2 Å². The Labute approximate surface area is 164 Å². The lowest BCUT2D eigenvalue weighted by molar-refractivity contribution is 0.0462. The number of hydrogen-bond donors (Lipinski definition) is 1. The minimum atomic E-state index is -3.71. The van der Waals surface area contributed by atoms with Crippen LogP contribution in [0, 0.1) is 0 Å². The number of carbonyl (C=O) groups excluding carboxylic acids is 1. The second kappa shape index (κ2) is 8.48. The van der Waals surface area contributed by atoms with Gasteiger partial charge in [-0.05, 0) is 32.0 Å². The molecule has 11 heteroatoms. The van der Waals surface area contributed by atoms with E-state index in [1.807, 2.05) is 0 Å². The average Bonchev–Trinajstić information content (AvgIpc) is 2.64. The normalized spacial score (nSPS) is 11.7. The molecule has 0 saturated heterocycles. The van der Waals surface area contributed by atoms with Crippen molar-refractivity contribution in [1.82, 2.24) is 19.3 Å². The number of nitrogens with two attached hydrogens (primary N) is 1. The minimum Gasteiger partial charge on any atom is -0.454 e. The first kappa shape index (κ1) is 21.5. The van der Waals surface area contributed by atoms with E-state index < -0.39 is 16.0 Å². The predicted molar refractivity (Wildman–Crippen MR) is 104 cm³/mol. The third-order valence-corrected chi connectivity index (χ3v) is 5.92. The zero-order chi connectivity index (χ0) is 21.1. The number of ether oxygens (including phenoxy) is 1. The smallest absolute Gasteiger partial charge is 0.338 e. The second-order valence-electron chi connectivity index (χ2n) is 6.52. The van der Waals surface area contributed by atoms with Gasteiger partial charge in [-0.25, -0.2) is 13.2 Å². The van der Waals surface area contributed by atoms with Crippen molar-refractivity contribution in [2.24, 2.45) is 0 Å². The van der Waals surface area contributed by atoms with Gasteiger partial charge in [0.05, 0.1) is 10.5 Å². The fraction of sp³-hybridized carbons (Fsp3) is 0.412. The van der Waals surface area contributed by atoms with Crippen molar-refractivity contribution >= 4 is 27.9 Å². The number of esters is 1. The van der Waals surface area contributed by atoms with Crippen LogP contribution in [0.25, 0.3) is 0 Å². The number of sulfonamides is 1. The van der Waals surface area contributed by atoms with Gasteiger partial charge in [-0.3, -0.25) is 0 Å². The molecule has 0 aliphatic heterocycles. The number of benzene rings is 1. The van der Waals surface area contributed by atoms with Gasteiger partial charge in [-0.1, -0.05) is 6.07 Å². The third kappa shape index (κ3) is 4.93. The fourth-order valence-corrected chi connectivity index (χ4v) is 3.54. The Bertz CT molecular complexity index is 962. The van der Waals surface area contributed by atoms with Crippen molar-refractivity contribution in [2.75, 3.05) is 31.8 Å². The SMILES string of the molecule is CC(C)N(C)S(=O)(=O)c1cccc(C(=O)OCc2nc(N)nc(N(C)C)n2)c1. The Kier molecular flexibility index (Phi) is 6.52. The monoisotopic (exact) mass is 408 g/mol. The van der Waals surface area contributed by atoms with Crippen molar-refractivity contribution in [3.8, 4) is 0 Å². The van der Waals surface area contributed by atoms with E-state index in [1.165, 1.54) is 35.6 Å². The van der Waals surface area contributed by atoms with E-state index in [2.05, 4.69) is 15.0 Å². The molecule has 0 fully saturated rings. The quantitative estimate of drug-likeness (QED) is 0.664. The maximum absolute atomic E-state index is 12.6. The van der Waals surface area contributed by atoms with Crippen molar-refractivity contribution in [3.63, 3.8) is 0 Å². The molecule has 0 atom stereocenters. The van der Waals surface area contributed by atoms with Crippen LogP contribution < -0.4 is 10.6 Å². The Hall–Kier alpha value is -2.79. The summed E-state index contributed by atoms with van der Waals surface area (Å²) in [4.78, 5) is 26.0. The molecule has 0 radical (unpaired) electrons. The summed E-state index contributed by atoms with van der Waals surface area (Å²) in [6, 6.07) is 5.46. The van der Waals surface area contributed by atoms with E-state index in [4.69, 9.17) is 10.5 Å². The van der Waals surface area contributed by atoms with Gasteiger partial charge >= 0.3 is 5.97 Å². The lowest BCUT2D eigenvalue weighted by Gasteiger charge is -2.21. The van der Waals surface area contributed by atoms with E-state index in [9.17, 15) is 13.2 Å². The van der Waals surface area contributed by atoms with E-state index in [-0.39, 0.29) is 34.9 Å². The summed E-state index contributed by atoms with van der Waals surface area (Å²) in [6.45, 7) is 3.30. The van der Waals surface area contributed by atoms with E-state index in [1.54, 1.807) is 32.8 Å². The highest BCUT2D eigenvalue weighted by Crippen LogP contribution is 2.18. The number of nitrogens with zero attached hydrogens (tertiary/aromatic N) is 5. The third-order valence-electron chi connectivity index (χ3n) is 3.89. The first-order chi connectivity index (χ1) is 13.0. The van der Waals surface area contributed by atoms with Gasteiger partial charge in [-0.2, -0.15) is 19.3 Å². The van der Waals surface area contributed by atoms with Crippen LogP contribution in [0.15, 0.2) is 29.2 Å². The van der Waals surface area contributed by atoms with Crippen molar-refractivity contribution in [3.05, 3.63) is 35.7 Å². The van der Waals surface area contributed by atoms with E-state index in [0.29, 0.717) is 5.95 Å². The van der Waals surface area contributed by atoms with Crippen molar-refractivity contribution in [2.45, 2.75) is 31.4 Å². The maximum atomic E-state index is 12.6. The molecule has 2 N–H and O–H groups in total. The molecule has 1 aromatic heterocycles. The van der Waals surface area contributed by atoms with E-state index in [0.717, 1.165) is 0 Å². The number of nitrogen functional groups attached to an aromatic ring is 1. The second-order valence-corrected chi connectivity index (χ2v) is 8.52. The summed E-state index contributed by atoms with van der Waals surface area (Å²) in [5.74, 6) is -0.166. The van der Waals surface area contributed by atoms with Crippen LogP contribution in [0.1, 0.15) is 30.0 Å². The zero-order valence-electron chi connectivity index (χ0n) is 16.4. The van der Waals surface area contributed by atoms with E-state index >= 15 is 0 Å². The first-order valence-electron chi connectivity index (χ1n) is 8.45. The van der Waals surface area contributed by atoms with Crippen LogP contribution in [0.5, 0.6) is 0 Å². The molecule has 0 saturated carbocycles. The summed E-state index contributed by atoms with van der Waals surface area (Å²) in [7, 11) is 1.25. The average molecular weight is 408 g/mol. The van der Waals surface area contributed by atoms with Crippen LogP contribution in [-0.4, -0.2) is 60.8 Å². The van der Waals surface area contributed by atoms with Crippen LogP contribution in [0.2, 0.25) is 0 Å². The van der Waals surface area contributed by atoms with Gasteiger partial charge in [0.15, 0.2) is 12.4 Å². The molecule has 0 aliphatic carbocycles. The van der Waals surface area contributed by atoms with Gasteiger partial charge in [0.1, 0.15) is 0 Å². The minimum absolute atomic E-state index is 0.00885. The largest absolute Gasteiger partial charge is 0.454 e.